The number of aromatic nitrogens is 3. The first kappa shape index (κ1) is 16.2. The van der Waals surface area contributed by atoms with Crippen LogP contribution in [0.15, 0.2) is 0 Å². The lowest BCUT2D eigenvalue weighted by atomic mass is 10.0. The average Bonchev–Trinajstić information content (AvgIpc) is 2.49. The number of hydrogen-bond donors (Lipinski definition) is 0. The average molecular weight is 314 g/mol. The second-order valence-electron chi connectivity index (χ2n) is 5.31. The van der Waals surface area contributed by atoms with Gasteiger partial charge in [0.05, 0.1) is 0 Å². The van der Waals surface area contributed by atoms with Gasteiger partial charge in [-0.2, -0.15) is 15.0 Å². The lowest BCUT2D eigenvalue weighted by Crippen LogP contribution is -2.32. The molecule has 7 heteroatoms. The summed E-state index contributed by atoms with van der Waals surface area (Å²) in [5.41, 5.74) is 0. The summed E-state index contributed by atoms with van der Waals surface area (Å²) in [4.78, 5) is 17.2. The number of halogens is 1. The van der Waals surface area contributed by atoms with Crippen LogP contribution in [0.2, 0.25) is 5.28 Å². The molecule has 0 spiro atoms. The maximum absolute atomic E-state index is 6.06. The Morgan fingerprint density at radius 3 is 2.33 bits per heavy atom. The molecule has 0 unspecified atom stereocenters. The molecule has 2 rings (SSSR count). The van der Waals surface area contributed by atoms with E-state index in [0.717, 1.165) is 45.7 Å². The van der Waals surface area contributed by atoms with Crippen LogP contribution in [0.5, 0.6) is 0 Å². The van der Waals surface area contributed by atoms with Gasteiger partial charge >= 0.3 is 0 Å². The van der Waals surface area contributed by atoms with E-state index in [4.69, 9.17) is 16.3 Å². The topological polar surface area (TPSA) is 54.4 Å². The van der Waals surface area contributed by atoms with Gasteiger partial charge in [-0.15, -0.1) is 0 Å². The van der Waals surface area contributed by atoms with Crippen LogP contribution in [0.1, 0.15) is 26.7 Å². The first-order valence-corrected chi connectivity index (χ1v) is 7.97. The fraction of sp³-hybridized carbons (Fsp3) is 0.786. The number of anilines is 2. The molecule has 1 aliphatic rings. The lowest BCUT2D eigenvalue weighted by Gasteiger charge is -2.27. The quantitative estimate of drug-likeness (QED) is 0.803. The van der Waals surface area contributed by atoms with E-state index in [2.05, 4.69) is 38.6 Å². The predicted molar refractivity (Wildman–Crippen MR) is 85.2 cm³/mol. The minimum Gasteiger partial charge on any atom is -0.381 e. The number of hydrogen-bond acceptors (Lipinski definition) is 6. The number of ether oxygens (including phenoxy) is 1. The highest BCUT2D eigenvalue weighted by Crippen LogP contribution is 2.20. The summed E-state index contributed by atoms with van der Waals surface area (Å²) in [6.07, 6.45) is 2.18. The van der Waals surface area contributed by atoms with Crippen molar-refractivity contribution in [2.75, 3.05) is 49.7 Å². The van der Waals surface area contributed by atoms with E-state index < -0.39 is 0 Å². The Balaban J connectivity index is 2.10. The molecule has 0 atom stereocenters. The Kier molecular flexibility index (Phi) is 5.99. The molecular weight excluding hydrogens is 290 g/mol. The van der Waals surface area contributed by atoms with Crippen molar-refractivity contribution in [3.8, 4) is 0 Å². The van der Waals surface area contributed by atoms with E-state index in [-0.39, 0.29) is 5.28 Å². The van der Waals surface area contributed by atoms with Gasteiger partial charge in [0.1, 0.15) is 0 Å². The molecule has 1 saturated heterocycles. The van der Waals surface area contributed by atoms with Crippen LogP contribution in [0.3, 0.4) is 0 Å². The van der Waals surface area contributed by atoms with Gasteiger partial charge in [0.2, 0.25) is 17.2 Å². The molecular formula is C14H24ClN5O. The van der Waals surface area contributed by atoms with Gasteiger partial charge in [0.15, 0.2) is 0 Å². The fourth-order valence-electron chi connectivity index (χ4n) is 2.55. The minimum absolute atomic E-state index is 0.251. The fourth-order valence-corrected chi connectivity index (χ4v) is 2.70. The van der Waals surface area contributed by atoms with Crippen LogP contribution in [-0.4, -0.2) is 54.8 Å². The first-order valence-electron chi connectivity index (χ1n) is 7.59. The third kappa shape index (κ3) is 4.41. The molecule has 0 bridgehead atoms. The molecule has 118 valence electrons. The van der Waals surface area contributed by atoms with Crippen LogP contribution in [0, 0.1) is 5.92 Å². The van der Waals surface area contributed by atoms with Crippen LogP contribution in [0.4, 0.5) is 11.9 Å². The van der Waals surface area contributed by atoms with Crippen LogP contribution in [0.25, 0.3) is 0 Å². The zero-order chi connectivity index (χ0) is 15.2. The number of rotatable bonds is 6. The minimum atomic E-state index is 0.251. The molecule has 0 aliphatic carbocycles. The highest BCUT2D eigenvalue weighted by Gasteiger charge is 2.19. The van der Waals surface area contributed by atoms with Gasteiger partial charge in [-0.1, -0.05) is 0 Å². The summed E-state index contributed by atoms with van der Waals surface area (Å²) in [7, 11) is 2.01. The van der Waals surface area contributed by atoms with Gasteiger partial charge in [0.25, 0.3) is 0 Å². The molecule has 0 amide bonds. The highest BCUT2D eigenvalue weighted by molar-refractivity contribution is 6.28. The summed E-state index contributed by atoms with van der Waals surface area (Å²) >= 11 is 6.06. The number of nitrogens with zero attached hydrogens (tertiary/aromatic N) is 5. The SMILES string of the molecule is CCN(CC)c1nc(Cl)nc(N(C)CC2CCOCC2)n1. The zero-order valence-corrected chi connectivity index (χ0v) is 13.8. The molecule has 6 nitrogen and oxygen atoms in total. The molecule has 0 N–H and O–H groups in total. The van der Waals surface area contributed by atoms with Crippen molar-refractivity contribution < 1.29 is 4.74 Å². The zero-order valence-electron chi connectivity index (χ0n) is 13.0. The summed E-state index contributed by atoms with van der Waals surface area (Å²) in [5.74, 6) is 1.91. The summed E-state index contributed by atoms with van der Waals surface area (Å²) in [5, 5.41) is 0.251. The smallest absolute Gasteiger partial charge is 0.231 e. The molecule has 1 aromatic rings. The standard InChI is InChI=1S/C14H24ClN5O/c1-4-20(5-2)14-17-12(15)16-13(18-14)19(3)10-11-6-8-21-9-7-11/h11H,4-10H2,1-3H3. The summed E-state index contributed by atoms with van der Waals surface area (Å²) < 4.78 is 5.40. The maximum Gasteiger partial charge on any atom is 0.231 e. The molecule has 1 aromatic heterocycles. The highest BCUT2D eigenvalue weighted by atomic mass is 35.5. The molecule has 0 radical (unpaired) electrons. The molecule has 2 heterocycles. The van der Waals surface area contributed by atoms with Crippen molar-refractivity contribution in [2.24, 2.45) is 5.92 Å². The van der Waals surface area contributed by atoms with Crippen molar-refractivity contribution in [3.05, 3.63) is 5.28 Å². The second kappa shape index (κ2) is 7.75. The van der Waals surface area contributed by atoms with Gasteiger partial charge < -0.3 is 14.5 Å². The normalized spacial score (nSPS) is 16.0. The van der Waals surface area contributed by atoms with Crippen molar-refractivity contribution in [3.63, 3.8) is 0 Å². The van der Waals surface area contributed by atoms with Crippen LogP contribution in [-0.2, 0) is 4.74 Å². The van der Waals surface area contributed by atoms with Gasteiger partial charge in [-0.3, -0.25) is 0 Å². The first-order chi connectivity index (χ1) is 10.1. The van der Waals surface area contributed by atoms with Crippen LogP contribution < -0.4 is 9.80 Å². The Bertz CT molecular complexity index is 449. The van der Waals surface area contributed by atoms with E-state index in [1.807, 2.05) is 7.05 Å². The van der Waals surface area contributed by atoms with E-state index in [1.54, 1.807) is 0 Å². The Labute approximate surface area is 131 Å². The van der Waals surface area contributed by atoms with Gasteiger partial charge in [-0.25, -0.2) is 0 Å². The largest absolute Gasteiger partial charge is 0.381 e. The monoisotopic (exact) mass is 313 g/mol. The molecule has 0 aromatic carbocycles. The molecule has 0 saturated carbocycles. The predicted octanol–water partition coefficient (Wildman–Crippen LogP) is 2.23. The lowest BCUT2D eigenvalue weighted by molar-refractivity contribution is 0.0684. The second-order valence-corrected chi connectivity index (χ2v) is 5.65. The van der Waals surface area contributed by atoms with Crippen molar-refractivity contribution in [1.82, 2.24) is 15.0 Å². The van der Waals surface area contributed by atoms with Gasteiger partial charge in [0, 0.05) is 39.9 Å². The third-order valence-corrected chi connectivity index (χ3v) is 4.01. The van der Waals surface area contributed by atoms with E-state index in [1.165, 1.54) is 0 Å². The van der Waals surface area contributed by atoms with E-state index >= 15 is 0 Å². The van der Waals surface area contributed by atoms with Gasteiger partial charge in [-0.05, 0) is 44.2 Å². The summed E-state index contributed by atoms with van der Waals surface area (Å²) in [6.45, 7) is 8.46. The van der Waals surface area contributed by atoms with Crippen molar-refractivity contribution >= 4 is 23.5 Å². The molecule has 1 fully saturated rings. The molecule has 1 aliphatic heterocycles. The third-order valence-electron chi connectivity index (χ3n) is 3.85. The maximum atomic E-state index is 6.06. The molecule has 21 heavy (non-hydrogen) atoms. The van der Waals surface area contributed by atoms with Crippen molar-refractivity contribution in [1.29, 1.82) is 0 Å². The Hall–Kier alpha value is -1.14. The Morgan fingerprint density at radius 2 is 1.71 bits per heavy atom. The summed E-state index contributed by atoms with van der Waals surface area (Å²) in [6, 6.07) is 0. The van der Waals surface area contributed by atoms with Crippen molar-refractivity contribution in [2.45, 2.75) is 26.7 Å². The van der Waals surface area contributed by atoms with E-state index in [0.29, 0.717) is 17.8 Å². The Morgan fingerprint density at radius 1 is 1.10 bits per heavy atom. The van der Waals surface area contributed by atoms with E-state index in [9.17, 15) is 0 Å². The van der Waals surface area contributed by atoms with Crippen LogP contribution >= 0.6 is 11.6 Å².